The highest BCUT2D eigenvalue weighted by atomic mass is 35.5. The molecule has 0 heterocycles. The molecular weight excluding hydrogens is 397 g/mol. The van der Waals surface area contributed by atoms with E-state index in [0.29, 0.717) is 28.6 Å². The average molecular weight is 416 g/mol. The van der Waals surface area contributed by atoms with Crippen LogP contribution in [-0.2, 0) is 13.2 Å². The number of carboxylic acid groups (broad SMARTS) is 1. The lowest BCUT2D eigenvalue weighted by atomic mass is 10.1. The summed E-state index contributed by atoms with van der Waals surface area (Å²) < 4.78 is 24.9. The zero-order chi connectivity index (χ0) is 20.8. The fourth-order valence-electron chi connectivity index (χ4n) is 2.72. The summed E-state index contributed by atoms with van der Waals surface area (Å²) >= 11 is 6.36. The van der Waals surface area contributed by atoms with Gasteiger partial charge in [-0.1, -0.05) is 29.8 Å². The normalized spacial score (nSPS) is 10.4. The third kappa shape index (κ3) is 5.18. The molecule has 0 radical (unpaired) electrons. The number of carboxylic acids is 1. The molecule has 3 aromatic rings. The molecule has 5 nitrogen and oxygen atoms in total. The van der Waals surface area contributed by atoms with Gasteiger partial charge >= 0.3 is 5.97 Å². The van der Waals surface area contributed by atoms with Crippen molar-refractivity contribution in [1.82, 2.24) is 0 Å². The Morgan fingerprint density at radius 3 is 2.52 bits per heavy atom. The van der Waals surface area contributed by atoms with Gasteiger partial charge in [0.1, 0.15) is 12.4 Å². The van der Waals surface area contributed by atoms with Crippen LogP contribution in [0, 0.1) is 5.82 Å². The summed E-state index contributed by atoms with van der Waals surface area (Å²) in [6.45, 7) is 0.465. The van der Waals surface area contributed by atoms with Gasteiger partial charge in [0.15, 0.2) is 11.5 Å². The fraction of sp³-hybridized carbons (Fsp3) is 0.136. The lowest BCUT2D eigenvalue weighted by Gasteiger charge is -2.15. The van der Waals surface area contributed by atoms with Crippen LogP contribution in [-0.4, -0.2) is 18.2 Å². The minimum absolute atomic E-state index is 0.0241. The van der Waals surface area contributed by atoms with Gasteiger partial charge in [-0.2, -0.15) is 0 Å². The Bertz CT molecular complexity index is 1010. The number of nitrogens with one attached hydrogen (secondary N) is 1. The standard InChI is InChI=1S/C22H19ClFNO4/c1-28-20-11-14(12-25-17-8-6-15(7-9-17)22(26)27)10-18(23)21(20)29-13-16-4-2-3-5-19(16)24/h2-11,25H,12-13H2,1H3,(H,26,27). The summed E-state index contributed by atoms with van der Waals surface area (Å²) in [5.74, 6) is -0.546. The third-order valence-corrected chi connectivity index (χ3v) is 4.53. The highest BCUT2D eigenvalue weighted by Gasteiger charge is 2.13. The molecule has 0 saturated carbocycles. The SMILES string of the molecule is COc1cc(CNc2ccc(C(=O)O)cc2)cc(Cl)c1OCc1ccccc1F. The van der Waals surface area contributed by atoms with Crippen LogP contribution >= 0.6 is 11.6 Å². The molecule has 0 bridgehead atoms. The number of hydrogen-bond donors (Lipinski definition) is 2. The molecule has 150 valence electrons. The number of rotatable bonds is 8. The second-order valence-electron chi connectivity index (χ2n) is 6.23. The fourth-order valence-corrected chi connectivity index (χ4v) is 3.00. The molecule has 0 spiro atoms. The van der Waals surface area contributed by atoms with E-state index < -0.39 is 5.97 Å². The smallest absolute Gasteiger partial charge is 0.335 e. The Labute approximate surface area is 172 Å². The third-order valence-electron chi connectivity index (χ3n) is 4.25. The van der Waals surface area contributed by atoms with Crippen LogP contribution < -0.4 is 14.8 Å². The van der Waals surface area contributed by atoms with Crippen LogP contribution in [0.5, 0.6) is 11.5 Å². The van der Waals surface area contributed by atoms with Crippen LogP contribution in [0.2, 0.25) is 5.02 Å². The molecule has 0 aromatic heterocycles. The lowest BCUT2D eigenvalue weighted by Crippen LogP contribution is -2.04. The first kappa shape index (κ1) is 20.5. The molecule has 0 aliphatic heterocycles. The average Bonchev–Trinajstić information content (AvgIpc) is 2.72. The topological polar surface area (TPSA) is 67.8 Å². The molecule has 2 N–H and O–H groups in total. The predicted octanol–water partition coefficient (Wildman–Crippen LogP) is 5.38. The number of methoxy groups -OCH3 is 1. The van der Waals surface area contributed by atoms with E-state index in [0.717, 1.165) is 11.3 Å². The van der Waals surface area contributed by atoms with Gasteiger partial charge in [-0.25, -0.2) is 9.18 Å². The van der Waals surface area contributed by atoms with Gasteiger partial charge in [-0.3, -0.25) is 0 Å². The lowest BCUT2D eigenvalue weighted by molar-refractivity contribution is 0.0697. The second kappa shape index (κ2) is 9.30. The maximum absolute atomic E-state index is 13.8. The summed E-state index contributed by atoms with van der Waals surface area (Å²) in [4.78, 5) is 10.9. The van der Waals surface area contributed by atoms with Crippen LogP contribution in [0.4, 0.5) is 10.1 Å². The minimum atomic E-state index is -0.973. The largest absolute Gasteiger partial charge is 0.493 e. The highest BCUT2D eigenvalue weighted by Crippen LogP contribution is 2.37. The van der Waals surface area contributed by atoms with Gasteiger partial charge in [0, 0.05) is 17.8 Å². The van der Waals surface area contributed by atoms with Gasteiger partial charge in [-0.15, -0.1) is 0 Å². The van der Waals surface area contributed by atoms with Crippen LogP contribution in [0.3, 0.4) is 0 Å². The van der Waals surface area contributed by atoms with E-state index in [1.165, 1.54) is 25.3 Å². The molecule has 0 aliphatic rings. The van der Waals surface area contributed by atoms with Crippen LogP contribution in [0.25, 0.3) is 0 Å². The first-order chi connectivity index (χ1) is 14.0. The van der Waals surface area contributed by atoms with Crippen molar-refractivity contribution in [2.75, 3.05) is 12.4 Å². The summed E-state index contributed by atoms with van der Waals surface area (Å²) in [6, 6.07) is 16.3. The molecule has 7 heteroatoms. The number of ether oxygens (including phenoxy) is 2. The quantitative estimate of drug-likeness (QED) is 0.517. The number of halogens is 2. The number of benzene rings is 3. The number of hydrogen-bond acceptors (Lipinski definition) is 4. The van der Waals surface area contributed by atoms with Crippen molar-refractivity contribution in [3.8, 4) is 11.5 Å². The number of anilines is 1. The van der Waals surface area contributed by atoms with Crippen LogP contribution in [0.1, 0.15) is 21.5 Å². The van der Waals surface area contributed by atoms with Crippen molar-refractivity contribution in [1.29, 1.82) is 0 Å². The Kier molecular flexibility index (Phi) is 6.57. The van der Waals surface area contributed by atoms with Crippen molar-refractivity contribution in [3.05, 3.63) is 88.2 Å². The molecule has 29 heavy (non-hydrogen) atoms. The maximum Gasteiger partial charge on any atom is 0.335 e. The van der Waals surface area contributed by atoms with Crippen molar-refractivity contribution in [2.45, 2.75) is 13.2 Å². The van der Waals surface area contributed by atoms with Crippen LogP contribution in [0.15, 0.2) is 60.7 Å². The molecule has 0 fully saturated rings. The molecular formula is C22H19ClFNO4. The Balaban J connectivity index is 1.70. The number of carbonyl (C=O) groups is 1. The molecule has 0 amide bonds. The van der Waals surface area contributed by atoms with E-state index in [9.17, 15) is 9.18 Å². The summed E-state index contributed by atoms with van der Waals surface area (Å²) in [5, 5.41) is 12.5. The Hall–Kier alpha value is -3.25. The molecule has 0 saturated heterocycles. The van der Waals surface area contributed by atoms with Gasteiger partial charge in [0.25, 0.3) is 0 Å². The molecule has 3 aromatic carbocycles. The van der Waals surface area contributed by atoms with Gasteiger partial charge < -0.3 is 19.9 Å². The maximum atomic E-state index is 13.8. The Morgan fingerprint density at radius 2 is 1.86 bits per heavy atom. The van der Waals surface area contributed by atoms with Gasteiger partial charge in [-0.05, 0) is 48.0 Å². The molecule has 3 rings (SSSR count). The monoisotopic (exact) mass is 415 g/mol. The first-order valence-electron chi connectivity index (χ1n) is 8.77. The summed E-state index contributed by atoms with van der Waals surface area (Å²) in [6.07, 6.45) is 0. The summed E-state index contributed by atoms with van der Waals surface area (Å²) in [7, 11) is 1.50. The highest BCUT2D eigenvalue weighted by molar-refractivity contribution is 6.32. The minimum Gasteiger partial charge on any atom is -0.493 e. The zero-order valence-corrected chi connectivity index (χ0v) is 16.4. The van der Waals surface area contributed by atoms with Crippen molar-refractivity contribution < 1.29 is 23.8 Å². The molecule has 0 atom stereocenters. The van der Waals surface area contributed by atoms with Gasteiger partial charge in [0.05, 0.1) is 17.7 Å². The van der Waals surface area contributed by atoms with E-state index in [4.69, 9.17) is 26.2 Å². The van der Waals surface area contributed by atoms with Crippen molar-refractivity contribution >= 4 is 23.3 Å². The van der Waals surface area contributed by atoms with E-state index in [-0.39, 0.29) is 18.0 Å². The van der Waals surface area contributed by atoms with Crippen molar-refractivity contribution in [3.63, 3.8) is 0 Å². The summed E-state index contributed by atoms with van der Waals surface area (Å²) in [5.41, 5.74) is 2.25. The predicted molar refractivity (Wildman–Crippen MR) is 109 cm³/mol. The van der Waals surface area contributed by atoms with E-state index in [1.54, 1.807) is 42.5 Å². The van der Waals surface area contributed by atoms with E-state index in [1.807, 2.05) is 0 Å². The second-order valence-corrected chi connectivity index (χ2v) is 6.63. The van der Waals surface area contributed by atoms with E-state index >= 15 is 0 Å². The number of aromatic carboxylic acids is 1. The Morgan fingerprint density at radius 1 is 1.14 bits per heavy atom. The first-order valence-corrected chi connectivity index (χ1v) is 9.15. The molecule has 0 aliphatic carbocycles. The molecule has 0 unspecified atom stereocenters. The zero-order valence-electron chi connectivity index (χ0n) is 15.6. The van der Waals surface area contributed by atoms with Crippen molar-refractivity contribution in [2.24, 2.45) is 0 Å². The van der Waals surface area contributed by atoms with E-state index in [2.05, 4.69) is 5.32 Å². The van der Waals surface area contributed by atoms with Gasteiger partial charge in [0.2, 0.25) is 0 Å².